The highest BCUT2D eigenvalue weighted by molar-refractivity contribution is 5.89. The van der Waals surface area contributed by atoms with Crippen LogP contribution in [0.4, 0.5) is 17.5 Å². The van der Waals surface area contributed by atoms with Crippen molar-refractivity contribution in [2.45, 2.75) is 26.7 Å². The van der Waals surface area contributed by atoms with Gasteiger partial charge < -0.3 is 10.2 Å². The summed E-state index contributed by atoms with van der Waals surface area (Å²) in [6, 6.07) is 8.33. The number of rotatable bonds is 3. The highest BCUT2D eigenvalue weighted by atomic mass is 15.3. The van der Waals surface area contributed by atoms with E-state index < -0.39 is 0 Å². The highest BCUT2D eigenvalue weighted by Gasteiger charge is 2.20. The molecule has 1 fully saturated rings. The van der Waals surface area contributed by atoms with Crippen molar-refractivity contribution >= 4 is 28.5 Å². The third-order valence-electron chi connectivity index (χ3n) is 4.96. The number of hydrogen-bond acceptors (Lipinski definition) is 5. The van der Waals surface area contributed by atoms with Crippen LogP contribution in [0.5, 0.6) is 0 Å². The molecule has 0 bridgehead atoms. The Labute approximate surface area is 147 Å². The molecule has 1 aliphatic rings. The van der Waals surface area contributed by atoms with Gasteiger partial charge in [0.05, 0.1) is 11.6 Å². The number of hydrogen-bond donors (Lipinski definition) is 1. The third-order valence-corrected chi connectivity index (χ3v) is 4.96. The SMILES string of the molecule is Cc1ccc(Nc2nc(N3CCC(C)CC3)nc3c2cnn3C)cc1. The minimum absolute atomic E-state index is 0.779. The van der Waals surface area contributed by atoms with Gasteiger partial charge in [-0.2, -0.15) is 15.1 Å². The quantitative estimate of drug-likeness (QED) is 0.791. The molecular formula is C19H24N6. The molecule has 0 saturated carbocycles. The van der Waals surface area contributed by atoms with Crippen LogP contribution in [0.1, 0.15) is 25.3 Å². The standard InChI is InChI=1S/C19H24N6/c1-13-4-6-15(7-5-13)21-17-16-12-20-24(3)18(16)23-19(22-17)25-10-8-14(2)9-11-25/h4-7,12,14H,8-11H2,1-3H3,(H,21,22,23). The summed E-state index contributed by atoms with van der Waals surface area (Å²) in [6.45, 7) is 6.42. The smallest absolute Gasteiger partial charge is 0.229 e. The van der Waals surface area contributed by atoms with Gasteiger partial charge in [-0.15, -0.1) is 0 Å². The van der Waals surface area contributed by atoms with Gasteiger partial charge in [0.25, 0.3) is 0 Å². The van der Waals surface area contributed by atoms with E-state index in [0.717, 1.165) is 47.5 Å². The van der Waals surface area contributed by atoms with Gasteiger partial charge in [0.15, 0.2) is 5.65 Å². The zero-order valence-electron chi connectivity index (χ0n) is 15.0. The summed E-state index contributed by atoms with van der Waals surface area (Å²) in [5, 5.41) is 8.75. The molecule has 25 heavy (non-hydrogen) atoms. The average Bonchev–Trinajstić information content (AvgIpc) is 2.99. The van der Waals surface area contributed by atoms with Gasteiger partial charge in [-0.05, 0) is 37.8 Å². The molecule has 0 atom stereocenters. The topological polar surface area (TPSA) is 58.9 Å². The molecule has 1 aliphatic heterocycles. The molecule has 0 amide bonds. The second-order valence-corrected chi connectivity index (χ2v) is 7.04. The molecule has 3 heterocycles. The van der Waals surface area contributed by atoms with Crippen molar-refractivity contribution in [2.75, 3.05) is 23.3 Å². The second kappa shape index (κ2) is 6.35. The maximum Gasteiger partial charge on any atom is 0.229 e. The Hall–Kier alpha value is -2.63. The van der Waals surface area contributed by atoms with Crippen molar-refractivity contribution in [3.63, 3.8) is 0 Å². The van der Waals surface area contributed by atoms with Gasteiger partial charge in [0, 0.05) is 25.8 Å². The molecule has 3 aromatic rings. The highest BCUT2D eigenvalue weighted by Crippen LogP contribution is 2.28. The number of piperidine rings is 1. The summed E-state index contributed by atoms with van der Waals surface area (Å²) < 4.78 is 1.81. The van der Waals surface area contributed by atoms with E-state index in [1.807, 2.05) is 17.9 Å². The first-order valence-electron chi connectivity index (χ1n) is 8.88. The first-order valence-corrected chi connectivity index (χ1v) is 8.88. The Kier molecular flexibility index (Phi) is 4.03. The normalized spacial score (nSPS) is 15.7. The predicted molar refractivity (Wildman–Crippen MR) is 101 cm³/mol. The Morgan fingerprint density at radius 1 is 1.08 bits per heavy atom. The van der Waals surface area contributed by atoms with E-state index in [0.29, 0.717) is 0 Å². The first-order chi connectivity index (χ1) is 12.1. The van der Waals surface area contributed by atoms with Crippen LogP contribution >= 0.6 is 0 Å². The van der Waals surface area contributed by atoms with Gasteiger partial charge in [-0.25, -0.2) is 0 Å². The largest absolute Gasteiger partial charge is 0.341 e. The van der Waals surface area contributed by atoms with Gasteiger partial charge in [0.2, 0.25) is 5.95 Å². The van der Waals surface area contributed by atoms with Crippen LogP contribution in [-0.4, -0.2) is 32.8 Å². The summed E-state index contributed by atoms with van der Waals surface area (Å²) in [5.74, 6) is 2.38. The fraction of sp³-hybridized carbons (Fsp3) is 0.421. The molecule has 1 aromatic carbocycles. The van der Waals surface area contributed by atoms with Gasteiger partial charge in [-0.1, -0.05) is 24.6 Å². The molecule has 2 aromatic heterocycles. The minimum atomic E-state index is 0.779. The third kappa shape index (κ3) is 3.16. The Morgan fingerprint density at radius 3 is 2.52 bits per heavy atom. The zero-order valence-corrected chi connectivity index (χ0v) is 15.0. The van der Waals surface area contributed by atoms with Crippen molar-refractivity contribution in [1.82, 2.24) is 19.7 Å². The van der Waals surface area contributed by atoms with E-state index in [-0.39, 0.29) is 0 Å². The van der Waals surface area contributed by atoms with Crippen LogP contribution in [0.25, 0.3) is 11.0 Å². The molecule has 4 rings (SSSR count). The lowest BCUT2D eigenvalue weighted by Crippen LogP contribution is -2.34. The van der Waals surface area contributed by atoms with Gasteiger partial charge >= 0.3 is 0 Å². The Balaban J connectivity index is 1.72. The monoisotopic (exact) mass is 336 g/mol. The number of aryl methyl sites for hydroxylation is 2. The van der Waals surface area contributed by atoms with Crippen molar-refractivity contribution in [3.8, 4) is 0 Å². The zero-order chi connectivity index (χ0) is 17.4. The number of fused-ring (bicyclic) bond motifs is 1. The minimum Gasteiger partial charge on any atom is -0.341 e. The van der Waals surface area contributed by atoms with E-state index in [9.17, 15) is 0 Å². The number of nitrogens with zero attached hydrogens (tertiary/aromatic N) is 5. The Morgan fingerprint density at radius 2 is 1.80 bits per heavy atom. The average molecular weight is 336 g/mol. The molecule has 0 spiro atoms. The summed E-state index contributed by atoms with van der Waals surface area (Å²) in [6.07, 6.45) is 4.20. The summed E-state index contributed by atoms with van der Waals surface area (Å²) in [5.41, 5.74) is 3.12. The van der Waals surface area contributed by atoms with E-state index in [4.69, 9.17) is 9.97 Å². The lowest BCUT2D eigenvalue weighted by Gasteiger charge is -2.30. The van der Waals surface area contributed by atoms with E-state index in [1.165, 1.54) is 18.4 Å². The van der Waals surface area contributed by atoms with Gasteiger partial charge in [-0.3, -0.25) is 4.68 Å². The first kappa shape index (κ1) is 15.9. The molecule has 130 valence electrons. The molecule has 0 unspecified atom stereocenters. The summed E-state index contributed by atoms with van der Waals surface area (Å²) in [7, 11) is 1.92. The molecule has 0 aliphatic carbocycles. The van der Waals surface area contributed by atoms with Crippen LogP contribution in [0, 0.1) is 12.8 Å². The fourth-order valence-electron chi connectivity index (χ4n) is 3.23. The van der Waals surface area contributed by atoms with E-state index in [2.05, 4.69) is 53.4 Å². The van der Waals surface area contributed by atoms with Crippen molar-refractivity contribution in [1.29, 1.82) is 0 Å². The lowest BCUT2D eigenvalue weighted by atomic mass is 10.00. The predicted octanol–water partition coefficient (Wildman–Crippen LogP) is 3.65. The molecule has 1 saturated heterocycles. The molecular weight excluding hydrogens is 312 g/mol. The summed E-state index contributed by atoms with van der Waals surface area (Å²) >= 11 is 0. The molecule has 6 nitrogen and oxygen atoms in total. The second-order valence-electron chi connectivity index (χ2n) is 7.04. The number of nitrogens with one attached hydrogen (secondary N) is 1. The van der Waals surface area contributed by atoms with Gasteiger partial charge in [0.1, 0.15) is 5.82 Å². The maximum atomic E-state index is 4.83. The van der Waals surface area contributed by atoms with Crippen LogP contribution < -0.4 is 10.2 Å². The van der Waals surface area contributed by atoms with Crippen LogP contribution in [0.3, 0.4) is 0 Å². The van der Waals surface area contributed by atoms with Crippen molar-refractivity contribution in [2.24, 2.45) is 13.0 Å². The molecule has 1 N–H and O–H groups in total. The molecule has 6 heteroatoms. The number of anilines is 3. The van der Waals surface area contributed by atoms with Crippen molar-refractivity contribution in [3.05, 3.63) is 36.0 Å². The molecule has 0 radical (unpaired) electrons. The van der Waals surface area contributed by atoms with Crippen LogP contribution in [0.15, 0.2) is 30.5 Å². The van der Waals surface area contributed by atoms with Crippen molar-refractivity contribution < 1.29 is 0 Å². The summed E-state index contributed by atoms with van der Waals surface area (Å²) in [4.78, 5) is 11.9. The van der Waals surface area contributed by atoms with E-state index >= 15 is 0 Å². The lowest BCUT2D eigenvalue weighted by molar-refractivity contribution is 0.434. The fourth-order valence-corrected chi connectivity index (χ4v) is 3.23. The Bertz CT molecular complexity index is 875. The number of benzene rings is 1. The maximum absolute atomic E-state index is 4.83. The van der Waals surface area contributed by atoms with Crippen LogP contribution in [-0.2, 0) is 7.05 Å². The van der Waals surface area contributed by atoms with E-state index in [1.54, 1.807) is 0 Å². The van der Waals surface area contributed by atoms with Crippen LogP contribution in [0.2, 0.25) is 0 Å². The number of aromatic nitrogens is 4.